The summed E-state index contributed by atoms with van der Waals surface area (Å²) in [7, 11) is -3.15. The van der Waals surface area contributed by atoms with Gasteiger partial charge in [-0.1, -0.05) is 37.3 Å². The molecule has 20 heavy (non-hydrogen) atoms. The van der Waals surface area contributed by atoms with Crippen molar-refractivity contribution in [1.29, 1.82) is 0 Å². The molecule has 2 rings (SSSR count). The standard InChI is InChI=1S/C15H18N2O2S/c1-2-10-20(18,19)17-11-13-5-7-14(8-6-13)15-4-3-9-16-12-15/h3-9,12,17H,2,10-11H2,1H3. The van der Waals surface area contributed by atoms with E-state index in [1.165, 1.54) is 0 Å². The van der Waals surface area contributed by atoms with Crippen LogP contribution >= 0.6 is 0 Å². The molecule has 1 heterocycles. The van der Waals surface area contributed by atoms with Gasteiger partial charge in [-0.15, -0.1) is 0 Å². The maximum atomic E-state index is 11.6. The SMILES string of the molecule is CCCS(=O)(=O)NCc1ccc(-c2cccnc2)cc1. The molecule has 0 saturated heterocycles. The fourth-order valence-corrected chi connectivity index (χ4v) is 2.95. The van der Waals surface area contributed by atoms with Crippen molar-refractivity contribution in [2.24, 2.45) is 0 Å². The minimum absolute atomic E-state index is 0.167. The van der Waals surface area contributed by atoms with Crippen LogP contribution in [0.1, 0.15) is 18.9 Å². The van der Waals surface area contributed by atoms with Gasteiger partial charge in [0.25, 0.3) is 0 Å². The van der Waals surface area contributed by atoms with Gasteiger partial charge in [-0.25, -0.2) is 13.1 Å². The minimum Gasteiger partial charge on any atom is -0.264 e. The number of hydrogen-bond acceptors (Lipinski definition) is 3. The van der Waals surface area contributed by atoms with E-state index in [1.54, 1.807) is 12.4 Å². The van der Waals surface area contributed by atoms with E-state index in [9.17, 15) is 8.42 Å². The predicted octanol–water partition coefficient (Wildman–Crippen LogP) is 2.58. The van der Waals surface area contributed by atoms with E-state index < -0.39 is 10.0 Å². The number of hydrogen-bond donors (Lipinski definition) is 1. The fraction of sp³-hybridized carbons (Fsp3) is 0.267. The Kier molecular flexibility index (Phi) is 4.87. The van der Waals surface area contributed by atoms with Crippen LogP contribution in [0.25, 0.3) is 11.1 Å². The van der Waals surface area contributed by atoms with Crippen LogP contribution in [0.5, 0.6) is 0 Å². The van der Waals surface area contributed by atoms with Gasteiger partial charge < -0.3 is 0 Å². The molecule has 1 N–H and O–H groups in total. The highest BCUT2D eigenvalue weighted by molar-refractivity contribution is 7.89. The van der Waals surface area contributed by atoms with Gasteiger partial charge in [-0.2, -0.15) is 0 Å². The van der Waals surface area contributed by atoms with E-state index in [4.69, 9.17) is 0 Å². The van der Waals surface area contributed by atoms with Gasteiger partial charge in [0.15, 0.2) is 0 Å². The summed E-state index contributed by atoms with van der Waals surface area (Å²) in [6.07, 6.45) is 4.16. The molecular formula is C15H18N2O2S. The summed E-state index contributed by atoms with van der Waals surface area (Å²) in [6.45, 7) is 2.18. The number of pyridine rings is 1. The molecule has 2 aromatic rings. The minimum atomic E-state index is -3.15. The smallest absolute Gasteiger partial charge is 0.211 e. The monoisotopic (exact) mass is 290 g/mol. The van der Waals surface area contributed by atoms with Crippen molar-refractivity contribution in [2.45, 2.75) is 19.9 Å². The Morgan fingerprint density at radius 1 is 1.10 bits per heavy atom. The molecule has 0 bridgehead atoms. The van der Waals surface area contributed by atoms with Crippen molar-refractivity contribution in [2.75, 3.05) is 5.75 Å². The van der Waals surface area contributed by atoms with Crippen LogP contribution in [0.4, 0.5) is 0 Å². The zero-order valence-electron chi connectivity index (χ0n) is 11.4. The fourth-order valence-electron chi connectivity index (χ4n) is 1.88. The highest BCUT2D eigenvalue weighted by Gasteiger charge is 2.07. The average Bonchev–Trinajstić information content (AvgIpc) is 2.47. The van der Waals surface area contributed by atoms with Crippen LogP contribution in [-0.2, 0) is 16.6 Å². The molecule has 4 nitrogen and oxygen atoms in total. The third-order valence-electron chi connectivity index (χ3n) is 2.92. The van der Waals surface area contributed by atoms with Gasteiger partial charge in [0.1, 0.15) is 0 Å². The molecular weight excluding hydrogens is 272 g/mol. The van der Waals surface area contributed by atoms with E-state index in [1.807, 2.05) is 43.3 Å². The Morgan fingerprint density at radius 3 is 2.45 bits per heavy atom. The Balaban J connectivity index is 2.02. The third kappa shape index (κ3) is 4.15. The van der Waals surface area contributed by atoms with Crippen LogP contribution in [-0.4, -0.2) is 19.2 Å². The van der Waals surface area contributed by atoms with Crippen molar-refractivity contribution >= 4 is 10.0 Å². The summed E-state index contributed by atoms with van der Waals surface area (Å²) >= 11 is 0. The largest absolute Gasteiger partial charge is 0.264 e. The van der Waals surface area contributed by atoms with Crippen molar-refractivity contribution in [3.63, 3.8) is 0 Å². The lowest BCUT2D eigenvalue weighted by Gasteiger charge is -2.07. The number of nitrogens with zero attached hydrogens (tertiary/aromatic N) is 1. The summed E-state index contributed by atoms with van der Waals surface area (Å²) in [5, 5.41) is 0. The molecule has 0 aliphatic carbocycles. The molecule has 0 saturated carbocycles. The molecule has 1 aromatic carbocycles. The van der Waals surface area contributed by atoms with Crippen LogP contribution in [0.3, 0.4) is 0 Å². The molecule has 0 amide bonds. The van der Waals surface area contributed by atoms with Gasteiger partial charge in [-0.3, -0.25) is 4.98 Å². The summed E-state index contributed by atoms with van der Waals surface area (Å²) in [5.41, 5.74) is 3.06. The average molecular weight is 290 g/mol. The second-order valence-electron chi connectivity index (χ2n) is 4.58. The zero-order valence-corrected chi connectivity index (χ0v) is 12.2. The molecule has 0 aliphatic rings. The first kappa shape index (κ1) is 14.7. The van der Waals surface area contributed by atoms with E-state index in [0.717, 1.165) is 16.7 Å². The molecule has 0 atom stereocenters. The van der Waals surface area contributed by atoms with Crippen LogP contribution in [0.2, 0.25) is 0 Å². The lowest BCUT2D eigenvalue weighted by atomic mass is 10.1. The predicted molar refractivity (Wildman–Crippen MR) is 80.6 cm³/mol. The van der Waals surface area contributed by atoms with Crippen LogP contribution < -0.4 is 4.72 Å². The number of benzene rings is 1. The summed E-state index contributed by atoms with van der Waals surface area (Å²) in [5.74, 6) is 0.167. The maximum Gasteiger partial charge on any atom is 0.211 e. The van der Waals surface area contributed by atoms with Gasteiger partial charge in [-0.05, 0) is 29.2 Å². The lowest BCUT2D eigenvalue weighted by molar-refractivity contribution is 0.580. The van der Waals surface area contributed by atoms with Gasteiger partial charge >= 0.3 is 0 Å². The summed E-state index contributed by atoms with van der Waals surface area (Å²) in [4.78, 5) is 4.08. The molecule has 0 spiro atoms. The summed E-state index contributed by atoms with van der Waals surface area (Å²) < 4.78 is 25.7. The van der Waals surface area contributed by atoms with Gasteiger partial charge in [0.2, 0.25) is 10.0 Å². The Morgan fingerprint density at radius 2 is 1.85 bits per heavy atom. The van der Waals surface area contributed by atoms with Crippen LogP contribution in [0, 0.1) is 0 Å². The Labute approximate surface area is 119 Å². The first-order valence-corrected chi connectivity index (χ1v) is 8.22. The quantitative estimate of drug-likeness (QED) is 0.889. The number of rotatable bonds is 6. The summed E-state index contributed by atoms with van der Waals surface area (Å²) in [6, 6.07) is 11.7. The van der Waals surface area contributed by atoms with E-state index in [0.29, 0.717) is 13.0 Å². The maximum absolute atomic E-state index is 11.6. The first-order valence-electron chi connectivity index (χ1n) is 6.57. The van der Waals surface area contributed by atoms with E-state index >= 15 is 0 Å². The molecule has 0 aliphatic heterocycles. The number of sulfonamides is 1. The third-order valence-corrected chi connectivity index (χ3v) is 4.45. The molecule has 106 valence electrons. The molecule has 5 heteroatoms. The molecule has 0 fully saturated rings. The van der Waals surface area contributed by atoms with Gasteiger partial charge in [0, 0.05) is 18.9 Å². The van der Waals surface area contributed by atoms with E-state index in [2.05, 4.69) is 9.71 Å². The normalized spacial score (nSPS) is 11.4. The van der Waals surface area contributed by atoms with Crippen molar-refractivity contribution < 1.29 is 8.42 Å². The highest BCUT2D eigenvalue weighted by atomic mass is 32.2. The van der Waals surface area contributed by atoms with Crippen molar-refractivity contribution in [3.8, 4) is 11.1 Å². The molecule has 1 aromatic heterocycles. The van der Waals surface area contributed by atoms with Crippen LogP contribution in [0.15, 0.2) is 48.8 Å². The van der Waals surface area contributed by atoms with Crippen molar-refractivity contribution in [3.05, 3.63) is 54.4 Å². The number of nitrogens with one attached hydrogen (secondary N) is 1. The lowest BCUT2D eigenvalue weighted by Crippen LogP contribution is -2.25. The van der Waals surface area contributed by atoms with Gasteiger partial charge in [0.05, 0.1) is 5.75 Å². The first-order chi connectivity index (χ1) is 9.61. The zero-order chi connectivity index (χ0) is 14.4. The molecule has 0 unspecified atom stereocenters. The Hall–Kier alpha value is -1.72. The second kappa shape index (κ2) is 6.63. The van der Waals surface area contributed by atoms with Crippen molar-refractivity contribution in [1.82, 2.24) is 9.71 Å². The second-order valence-corrected chi connectivity index (χ2v) is 6.51. The molecule has 0 radical (unpaired) electrons. The Bertz CT molecular complexity index is 637. The highest BCUT2D eigenvalue weighted by Crippen LogP contribution is 2.18. The van der Waals surface area contributed by atoms with E-state index in [-0.39, 0.29) is 5.75 Å². The number of aromatic nitrogens is 1. The topological polar surface area (TPSA) is 59.1 Å².